The molecule has 24 heavy (non-hydrogen) atoms. The molecule has 0 unspecified atom stereocenters. The van der Waals surface area contributed by atoms with Crippen LogP contribution in [0, 0.1) is 0 Å². The van der Waals surface area contributed by atoms with E-state index in [9.17, 15) is 18.0 Å². The van der Waals surface area contributed by atoms with Crippen LogP contribution in [0.25, 0.3) is 0 Å². The molecule has 1 heterocycles. The number of rotatable bonds is 4. The minimum atomic E-state index is -3.30. The first-order valence-electron chi connectivity index (χ1n) is 7.97. The minimum Gasteiger partial charge on any atom is -0.343 e. The second-order valence-electron chi connectivity index (χ2n) is 6.96. The van der Waals surface area contributed by atoms with Crippen LogP contribution in [0.4, 0.5) is 0 Å². The molecule has 7 heteroatoms. The summed E-state index contributed by atoms with van der Waals surface area (Å²) in [7, 11) is -3.30. The van der Waals surface area contributed by atoms with Gasteiger partial charge < -0.3 is 10.2 Å². The van der Waals surface area contributed by atoms with Gasteiger partial charge in [-0.2, -0.15) is 0 Å². The van der Waals surface area contributed by atoms with Crippen molar-refractivity contribution >= 4 is 21.7 Å². The number of sulfone groups is 1. The molecule has 132 valence electrons. The number of nitrogens with zero attached hydrogens (tertiary/aromatic N) is 1. The fraction of sp³-hybridized carbons (Fsp3) is 0.529. The molecule has 1 atom stereocenters. The first kappa shape index (κ1) is 18.4. The van der Waals surface area contributed by atoms with Gasteiger partial charge in [-0.3, -0.25) is 9.59 Å². The van der Waals surface area contributed by atoms with E-state index in [4.69, 9.17) is 0 Å². The Morgan fingerprint density at radius 1 is 1.21 bits per heavy atom. The molecule has 1 aromatic carbocycles. The molecular weight excluding hydrogens is 328 g/mol. The summed E-state index contributed by atoms with van der Waals surface area (Å²) < 4.78 is 24.1. The highest BCUT2D eigenvalue weighted by molar-refractivity contribution is 7.93. The van der Waals surface area contributed by atoms with Gasteiger partial charge in [-0.05, 0) is 39.3 Å². The molecule has 1 aromatic rings. The van der Waals surface area contributed by atoms with E-state index in [2.05, 4.69) is 5.32 Å². The summed E-state index contributed by atoms with van der Waals surface area (Å²) >= 11 is 0. The summed E-state index contributed by atoms with van der Waals surface area (Å²) in [6, 6.07) is 8.64. The van der Waals surface area contributed by atoms with Crippen LogP contribution >= 0.6 is 0 Å². The van der Waals surface area contributed by atoms with Crippen molar-refractivity contribution in [2.75, 3.05) is 19.6 Å². The third-order valence-electron chi connectivity index (χ3n) is 4.23. The summed E-state index contributed by atoms with van der Waals surface area (Å²) in [4.78, 5) is 25.7. The number of nitrogens with one attached hydrogen (secondary N) is 1. The van der Waals surface area contributed by atoms with Crippen molar-refractivity contribution in [3.63, 3.8) is 0 Å². The molecule has 2 rings (SSSR count). The van der Waals surface area contributed by atoms with E-state index in [1.54, 1.807) is 45.0 Å². The number of carbonyl (C=O) groups is 2. The predicted molar refractivity (Wildman–Crippen MR) is 92.4 cm³/mol. The van der Waals surface area contributed by atoms with Crippen molar-refractivity contribution in [2.24, 2.45) is 0 Å². The van der Waals surface area contributed by atoms with Crippen LogP contribution in [-0.4, -0.2) is 54.8 Å². The number of hydrogen-bond acceptors (Lipinski definition) is 4. The van der Waals surface area contributed by atoms with Crippen molar-refractivity contribution in [2.45, 2.75) is 37.2 Å². The lowest BCUT2D eigenvalue weighted by molar-refractivity contribution is -0.129. The fourth-order valence-electron chi connectivity index (χ4n) is 2.67. The molecule has 1 aliphatic heterocycles. The van der Waals surface area contributed by atoms with Gasteiger partial charge in [-0.25, -0.2) is 8.42 Å². The molecule has 0 aliphatic carbocycles. The zero-order valence-electron chi connectivity index (χ0n) is 14.3. The zero-order chi connectivity index (χ0) is 18.0. The maximum absolute atomic E-state index is 12.5. The van der Waals surface area contributed by atoms with Gasteiger partial charge in [-0.15, -0.1) is 0 Å². The fourth-order valence-corrected chi connectivity index (χ4v) is 4.46. The van der Waals surface area contributed by atoms with Crippen LogP contribution in [0.2, 0.25) is 0 Å². The summed E-state index contributed by atoms with van der Waals surface area (Å²) in [6.45, 7) is 5.49. The molecule has 0 bridgehead atoms. The second kappa shape index (κ2) is 6.93. The lowest BCUT2D eigenvalue weighted by Gasteiger charge is -2.24. The van der Waals surface area contributed by atoms with Gasteiger partial charge in [0, 0.05) is 18.7 Å². The first-order valence-corrected chi connectivity index (χ1v) is 9.52. The highest BCUT2D eigenvalue weighted by Gasteiger charge is 2.41. The van der Waals surface area contributed by atoms with E-state index in [1.165, 1.54) is 4.90 Å². The molecule has 2 amide bonds. The maximum Gasteiger partial charge on any atom is 0.251 e. The monoisotopic (exact) mass is 352 g/mol. The van der Waals surface area contributed by atoms with Gasteiger partial charge >= 0.3 is 0 Å². The van der Waals surface area contributed by atoms with Gasteiger partial charge in [0.15, 0.2) is 9.84 Å². The Morgan fingerprint density at radius 3 is 2.42 bits per heavy atom. The molecule has 0 aromatic heterocycles. The predicted octanol–water partition coefficient (Wildman–Crippen LogP) is 1.23. The Bertz CT molecular complexity index is 708. The van der Waals surface area contributed by atoms with Gasteiger partial charge in [0.1, 0.15) is 0 Å². The smallest absolute Gasteiger partial charge is 0.251 e. The van der Waals surface area contributed by atoms with E-state index in [0.717, 1.165) is 0 Å². The van der Waals surface area contributed by atoms with Crippen molar-refractivity contribution in [1.82, 2.24) is 10.2 Å². The molecule has 0 radical (unpaired) electrons. The van der Waals surface area contributed by atoms with Gasteiger partial charge in [0.25, 0.3) is 5.91 Å². The second-order valence-corrected chi connectivity index (χ2v) is 9.94. The van der Waals surface area contributed by atoms with E-state index in [-0.39, 0.29) is 24.9 Å². The molecule has 1 N–H and O–H groups in total. The van der Waals surface area contributed by atoms with E-state index in [0.29, 0.717) is 18.5 Å². The summed E-state index contributed by atoms with van der Waals surface area (Å²) in [5.74, 6) is -0.576. The summed E-state index contributed by atoms with van der Waals surface area (Å²) in [6.07, 6.45) is 0.442. The maximum atomic E-state index is 12.5. The summed E-state index contributed by atoms with van der Waals surface area (Å²) in [5.41, 5.74) is 0.486. The van der Waals surface area contributed by atoms with E-state index < -0.39 is 19.8 Å². The Hall–Kier alpha value is -1.89. The van der Waals surface area contributed by atoms with Crippen LogP contribution in [-0.2, 0) is 14.6 Å². The number of carbonyl (C=O) groups excluding carboxylic acids is 2. The van der Waals surface area contributed by atoms with Crippen LogP contribution in [0.5, 0.6) is 0 Å². The molecule has 1 fully saturated rings. The molecule has 0 saturated carbocycles. The topological polar surface area (TPSA) is 83.6 Å². The summed E-state index contributed by atoms with van der Waals surface area (Å²) in [5, 5.41) is 2.04. The molecular formula is C17H24N2O4S. The number of benzene rings is 1. The molecule has 1 saturated heterocycles. The van der Waals surface area contributed by atoms with Crippen molar-refractivity contribution < 1.29 is 18.0 Å². The quantitative estimate of drug-likeness (QED) is 0.883. The van der Waals surface area contributed by atoms with Crippen molar-refractivity contribution in [3.8, 4) is 0 Å². The Morgan fingerprint density at radius 2 is 1.83 bits per heavy atom. The largest absolute Gasteiger partial charge is 0.343 e. The lowest BCUT2D eigenvalue weighted by atomic mass is 10.2. The minimum absolute atomic E-state index is 0.129. The molecule has 1 aliphatic rings. The van der Waals surface area contributed by atoms with Gasteiger partial charge in [0.2, 0.25) is 5.91 Å². The average Bonchev–Trinajstić information content (AvgIpc) is 3.02. The molecule has 6 nitrogen and oxygen atoms in total. The van der Waals surface area contributed by atoms with Crippen molar-refractivity contribution in [3.05, 3.63) is 35.9 Å². The van der Waals surface area contributed by atoms with Crippen molar-refractivity contribution in [1.29, 1.82) is 0 Å². The lowest BCUT2D eigenvalue weighted by Crippen LogP contribution is -2.42. The highest BCUT2D eigenvalue weighted by Crippen LogP contribution is 2.27. The standard InChI is InChI=1S/C17H24N2O4S/c1-17(2,3)24(22,23)14-9-10-19(12-14)15(20)11-18-16(21)13-7-5-4-6-8-13/h4-8,14H,9-12H2,1-3H3,(H,18,21)/t14-/m1/s1. The Labute approximate surface area is 143 Å². The van der Waals surface area contributed by atoms with Crippen LogP contribution < -0.4 is 5.32 Å². The van der Waals surface area contributed by atoms with Crippen LogP contribution in [0.15, 0.2) is 30.3 Å². The highest BCUT2D eigenvalue weighted by atomic mass is 32.2. The van der Waals surface area contributed by atoms with Crippen LogP contribution in [0.1, 0.15) is 37.6 Å². The van der Waals surface area contributed by atoms with E-state index >= 15 is 0 Å². The Kier molecular flexibility index (Phi) is 5.32. The third-order valence-corrected chi connectivity index (χ3v) is 7.20. The van der Waals surface area contributed by atoms with Gasteiger partial charge in [0.05, 0.1) is 16.5 Å². The first-order chi connectivity index (χ1) is 11.1. The van der Waals surface area contributed by atoms with E-state index in [1.807, 2.05) is 6.07 Å². The molecule has 0 spiro atoms. The normalized spacial score (nSPS) is 18.5. The average molecular weight is 352 g/mol. The number of likely N-dealkylation sites (tertiary alicyclic amines) is 1. The number of hydrogen-bond donors (Lipinski definition) is 1. The number of amides is 2. The Balaban J connectivity index is 1.90. The SMILES string of the molecule is CC(C)(C)S(=O)(=O)[C@@H]1CCN(C(=O)CNC(=O)c2ccccc2)C1. The van der Waals surface area contributed by atoms with Gasteiger partial charge in [-0.1, -0.05) is 18.2 Å². The third kappa shape index (κ3) is 3.95. The zero-order valence-corrected chi connectivity index (χ0v) is 15.1. The van der Waals surface area contributed by atoms with Crippen LogP contribution in [0.3, 0.4) is 0 Å².